The van der Waals surface area contributed by atoms with E-state index in [1.54, 1.807) is 57.4 Å². The Kier molecular flexibility index (Phi) is 7.57. The highest BCUT2D eigenvalue weighted by Gasteiger charge is 2.45. The van der Waals surface area contributed by atoms with Crippen LogP contribution in [0.1, 0.15) is 26.3 Å². The number of nitrogens with one attached hydrogen (secondary N) is 1. The average Bonchev–Trinajstić information content (AvgIpc) is 2.89. The molecule has 3 aromatic rings. The molecule has 1 atom stereocenters. The first-order valence-corrected chi connectivity index (χ1v) is 11.8. The molecule has 1 unspecified atom stereocenters. The van der Waals surface area contributed by atoms with Gasteiger partial charge in [0.1, 0.15) is 11.7 Å². The molecule has 0 radical (unpaired) electrons. The summed E-state index contributed by atoms with van der Waals surface area (Å²) >= 11 is 0. The van der Waals surface area contributed by atoms with Crippen molar-refractivity contribution in [2.45, 2.75) is 32.9 Å². The number of likely N-dealkylation sites (N-methyl/N-ethyl adjacent to an activating group) is 1. The van der Waals surface area contributed by atoms with Crippen LogP contribution in [0.3, 0.4) is 0 Å². The van der Waals surface area contributed by atoms with Gasteiger partial charge in [0, 0.05) is 29.1 Å². The minimum atomic E-state index is -1.17. The van der Waals surface area contributed by atoms with Crippen molar-refractivity contribution in [3.05, 3.63) is 78.1 Å². The summed E-state index contributed by atoms with van der Waals surface area (Å²) in [5.74, 6) is -1.30. The molecule has 1 N–H and O–H groups in total. The number of carbonyl (C=O) groups excluding carboxylic acids is 3. The van der Waals surface area contributed by atoms with Crippen molar-refractivity contribution in [2.75, 3.05) is 19.0 Å². The van der Waals surface area contributed by atoms with E-state index in [-0.39, 0.29) is 17.8 Å². The predicted octanol–water partition coefficient (Wildman–Crippen LogP) is 4.16. The topological polar surface area (TPSA) is 110 Å². The molecule has 1 aromatic heterocycles. The van der Waals surface area contributed by atoms with Gasteiger partial charge in [0.05, 0.1) is 30.7 Å². The van der Waals surface area contributed by atoms with Crippen LogP contribution < -0.4 is 5.32 Å². The number of hydroxylamine groups is 1. The quantitative estimate of drug-likeness (QED) is 0.474. The maximum absolute atomic E-state index is 13.8. The van der Waals surface area contributed by atoms with Crippen molar-refractivity contribution < 1.29 is 28.7 Å². The molecule has 37 heavy (non-hydrogen) atoms. The molecule has 10 heteroatoms. The molecule has 0 bridgehead atoms. The molecule has 1 aliphatic rings. The molecule has 0 fully saturated rings. The van der Waals surface area contributed by atoms with E-state index >= 15 is 0 Å². The summed E-state index contributed by atoms with van der Waals surface area (Å²) in [6.45, 7) is 5.20. The van der Waals surface area contributed by atoms with Crippen molar-refractivity contribution in [1.82, 2.24) is 15.2 Å². The molecule has 0 spiro atoms. The minimum Gasteiger partial charge on any atom is -0.466 e. The Morgan fingerprint density at radius 3 is 2.43 bits per heavy atom. The summed E-state index contributed by atoms with van der Waals surface area (Å²) in [4.78, 5) is 49.4. The van der Waals surface area contributed by atoms with Crippen LogP contribution >= 0.6 is 0 Å². The lowest BCUT2D eigenvalue weighted by Crippen LogP contribution is -2.58. The van der Waals surface area contributed by atoms with Crippen LogP contribution in [0.2, 0.25) is 0 Å². The number of methoxy groups -OCH3 is 1. The summed E-state index contributed by atoms with van der Waals surface area (Å²) in [6.07, 6.45) is 1.82. The van der Waals surface area contributed by atoms with Crippen LogP contribution in [0.4, 0.5) is 10.5 Å². The largest absolute Gasteiger partial charge is 0.535 e. The standard InChI is InChI=1S/C27H28N4O6/c1-5-30-25(32)23(29-21-16-28-15-19-13-9-10-14-20(19)21)22(26(33)35-4)24(18-11-7-6-8-12-18)31(30)37-27(34)36-17(2)3/h6-17,23,29H,5H2,1-4H3. The van der Waals surface area contributed by atoms with E-state index in [2.05, 4.69) is 10.3 Å². The fraction of sp³-hybridized carbons (Fsp3) is 0.259. The molecule has 1 aliphatic heterocycles. The van der Waals surface area contributed by atoms with Gasteiger partial charge < -0.3 is 14.8 Å². The van der Waals surface area contributed by atoms with Gasteiger partial charge in [-0.05, 0) is 20.8 Å². The van der Waals surface area contributed by atoms with Crippen molar-refractivity contribution in [2.24, 2.45) is 0 Å². The lowest BCUT2D eigenvalue weighted by Gasteiger charge is -2.42. The Morgan fingerprint density at radius 1 is 1.05 bits per heavy atom. The third-order valence-corrected chi connectivity index (χ3v) is 5.67. The van der Waals surface area contributed by atoms with Gasteiger partial charge in [-0.2, -0.15) is 0 Å². The third kappa shape index (κ3) is 5.18. The van der Waals surface area contributed by atoms with Crippen molar-refractivity contribution in [1.29, 1.82) is 0 Å². The second-order valence-electron chi connectivity index (χ2n) is 8.44. The summed E-state index contributed by atoms with van der Waals surface area (Å²) in [5, 5.41) is 7.11. The van der Waals surface area contributed by atoms with E-state index in [0.29, 0.717) is 11.3 Å². The number of fused-ring (bicyclic) bond motifs is 1. The van der Waals surface area contributed by atoms with Crippen molar-refractivity contribution >= 4 is 40.2 Å². The average molecular weight is 505 g/mol. The highest BCUT2D eigenvalue weighted by molar-refractivity contribution is 6.09. The fourth-order valence-electron chi connectivity index (χ4n) is 4.09. The van der Waals surface area contributed by atoms with Gasteiger partial charge in [0.2, 0.25) is 0 Å². The molecular formula is C27H28N4O6. The van der Waals surface area contributed by atoms with Gasteiger partial charge >= 0.3 is 12.1 Å². The zero-order valence-electron chi connectivity index (χ0n) is 21.0. The van der Waals surface area contributed by atoms with Crippen LogP contribution in [-0.4, -0.2) is 59.0 Å². The number of amides is 1. The van der Waals surface area contributed by atoms with Crippen LogP contribution in [-0.2, 0) is 23.9 Å². The molecule has 2 aromatic carbocycles. The summed E-state index contributed by atoms with van der Waals surface area (Å²) in [7, 11) is 1.23. The molecular weight excluding hydrogens is 476 g/mol. The number of hydrazine groups is 1. The predicted molar refractivity (Wildman–Crippen MR) is 136 cm³/mol. The maximum atomic E-state index is 13.8. The van der Waals surface area contributed by atoms with E-state index in [1.807, 2.05) is 30.3 Å². The molecule has 0 aliphatic carbocycles. The third-order valence-electron chi connectivity index (χ3n) is 5.67. The zero-order chi connectivity index (χ0) is 26.5. The number of benzene rings is 2. The summed E-state index contributed by atoms with van der Waals surface area (Å²) in [6, 6.07) is 15.2. The monoisotopic (exact) mass is 504 g/mol. The number of hydrogen-bond donors (Lipinski definition) is 1. The van der Waals surface area contributed by atoms with Crippen molar-refractivity contribution in [3.8, 4) is 0 Å². The molecule has 192 valence electrons. The lowest BCUT2D eigenvalue weighted by molar-refractivity contribution is -0.216. The first kappa shape index (κ1) is 25.5. The highest BCUT2D eigenvalue weighted by Crippen LogP contribution is 2.35. The molecule has 2 heterocycles. The number of esters is 1. The number of carbonyl (C=O) groups is 3. The van der Waals surface area contributed by atoms with Gasteiger partial charge in [0.15, 0.2) is 0 Å². The molecule has 0 saturated heterocycles. The Morgan fingerprint density at radius 2 is 1.76 bits per heavy atom. The number of nitrogens with zero attached hydrogens (tertiary/aromatic N) is 3. The zero-order valence-corrected chi connectivity index (χ0v) is 21.0. The van der Waals surface area contributed by atoms with Gasteiger partial charge in [-0.3, -0.25) is 14.6 Å². The number of anilines is 1. The molecule has 1 amide bonds. The van der Waals surface area contributed by atoms with Crippen LogP contribution in [0.5, 0.6) is 0 Å². The van der Waals surface area contributed by atoms with Crippen molar-refractivity contribution in [3.63, 3.8) is 0 Å². The van der Waals surface area contributed by atoms with Crippen LogP contribution in [0.15, 0.2) is 72.6 Å². The molecule has 0 saturated carbocycles. The van der Waals surface area contributed by atoms with Crippen LogP contribution in [0, 0.1) is 0 Å². The Hall–Kier alpha value is -4.60. The first-order valence-electron chi connectivity index (χ1n) is 11.8. The van der Waals surface area contributed by atoms with E-state index in [1.165, 1.54) is 12.1 Å². The number of rotatable bonds is 7. The van der Waals surface area contributed by atoms with Gasteiger partial charge in [0.25, 0.3) is 5.91 Å². The van der Waals surface area contributed by atoms with Gasteiger partial charge in [-0.25, -0.2) is 14.6 Å². The first-order chi connectivity index (χ1) is 17.8. The van der Waals surface area contributed by atoms with E-state index in [0.717, 1.165) is 15.9 Å². The Labute approximate surface area is 214 Å². The number of aromatic nitrogens is 1. The fourth-order valence-corrected chi connectivity index (χ4v) is 4.09. The normalized spacial score (nSPS) is 15.7. The Bertz CT molecular complexity index is 1340. The smallest absolute Gasteiger partial charge is 0.466 e. The SMILES string of the molecule is CCN1C(=O)C(Nc2cncc3ccccc23)C(C(=O)OC)=C(c2ccccc2)N1OC(=O)OC(C)C. The number of pyridine rings is 1. The molecule has 4 rings (SSSR count). The number of ether oxygens (including phenoxy) is 2. The molecule has 10 nitrogen and oxygen atoms in total. The second-order valence-corrected chi connectivity index (χ2v) is 8.44. The van der Waals surface area contributed by atoms with Gasteiger partial charge in [-0.1, -0.05) is 54.6 Å². The van der Waals surface area contributed by atoms with E-state index in [9.17, 15) is 14.4 Å². The second kappa shape index (κ2) is 11.0. The van der Waals surface area contributed by atoms with Crippen LogP contribution in [0.25, 0.3) is 16.5 Å². The van der Waals surface area contributed by atoms with Gasteiger partial charge in [-0.15, -0.1) is 5.17 Å². The summed E-state index contributed by atoms with van der Waals surface area (Å²) < 4.78 is 10.3. The van der Waals surface area contributed by atoms with E-state index in [4.69, 9.17) is 14.3 Å². The highest BCUT2D eigenvalue weighted by atomic mass is 16.8. The van der Waals surface area contributed by atoms with E-state index < -0.39 is 30.2 Å². The lowest BCUT2D eigenvalue weighted by atomic mass is 9.96. The number of hydrogen-bond acceptors (Lipinski definition) is 9. The minimum absolute atomic E-state index is 0.0336. The Balaban J connectivity index is 1.92. The summed E-state index contributed by atoms with van der Waals surface area (Å²) in [5.41, 5.74) is 1.21. The maximum Gasteiger partial charge on any atom is 0.535 e.